The van der Waals surface area contributed by atoms with Gasteiger partial charge in [0, 0.05) is 18.7 Å². The van der Waals surface area contributed by atoms with Crippen molar-refractivity contribution >= 4 is 11.6 Å². The van der Waals surface area contributed by atoms with Gasteiger partial charge in [-0.1, -0.05) is 12.8 Å². The Labute approximate surface area is 106 Å². The molecule has 2 unspecified atom stereocenters. The van der Waals surface area contributed by atoms with Gasteiger partial charge < -0.3 is 16.2 Å². The van der Waals surface area contributed by atoms with Crippen molar-refractivity contribution in [1.82, 2.24) is 15.1 Å². The minimum Gasteiger partial charge on any atom is -0.396 e. The van der Waals surface area contributed by atoms with E-state index in [-0.39, 0.29) is 24.5 Å². The maximum Gasteiger partial charge on any atom is 0.241 e. The Bertz CT molecular complexity index is 405. The van der Waals surface area contributed by atoms with Crippen LogP contribution in [-0.2, 0) is 11.3 Å². The van der Waals surface area contributed by atoms with E-state index in [1.165, 1.54) is 10.9 Å². The molecule has 1 aromatic rings. The number of hydrogen-bond acceptors (Lipinski definition) is 4. The summed E-state index contributed by atoms with van der Waals surface area (Å²) in [7, 11) is 0. The van der Waals surface area contributed by atoms with Crippen LogP contribution >= 0.6 is 0 Å². The van der Waals surface area contributed by atoms with Gasteiger partial charge >= 0.3 is 0 Å². The van der Waals surface area contributed by atoms with Crippen molar-refractivity contribution in [1.29, 1.82) is 0 Å². The Morgan fingerprint density at radius 1 is 1.56 bits per heavy atom. The van der Waals surface area contributed by atoms with Crippen molar-refractivity contribution < 1.29 is 9.90 Å². The minimum atomic E-state index is -0.278. The summed E-state index contributed by atoms with van der Waals surface area (Å²) in [6.07, 6.45) is 6.89. The molecular weight excluding hydrogens is 232 g/mol. The lowest BCUT2D eigenvalue weighted by Crippen LogP contribution is -2.38. The topological polar surface area (TPSA) is 93.2 Å². The molecule has 0 bridgehead atoms. The Hall–Kier alpha value is -1.56. The van der Waals surface area contributed by atoms with Gasteiger partial charge in [0.05, 0.1) is 18.0 Å². The molecule has 2 atom stereocenters. The molecule has 0 aromatic carbocycles. The van der Waals surface area contributed by atoms with E-state index in [0.717, 1.165) is 25.7 Å². The van der Waals surface area contributed by atoms with Crippen molar-refractivity contribution in [3.63, 3.8) is 0 Å². The number of amides is 1. The average molecular weight is 252 g/mol. The number of anilines is 1. The molecule has 0 radical (unpaired) electrons. The Morgan fingerprint density at radius 2 is 2.33 bits per heavy atom. The fourth-order valence-electron chi connectivity index (χ4n) is 2.34. The third kappa shape index (κ3) is 3.46. The molecule has 1 fully saturated rings. The zero-order chi connectivity index (χ0) is 13.0. The first-order valence-electron chi connectivity index (χ1n) is 6.38. The lowest BCUT2D eigenvalue weighted by atomic mass is 9.86. The van der Waals surface area contributed by atoms with Crippen molar-refractivity contribution in [2.45, 2.75) is 38.3 Å². The van der Waals surface area contributed by atoms with E-state index in [1.807, 2.05) is 0 Å². The largest absolute Gasteiger partial charge is 0.396 e. The summed E-state index contributed by atoms with van der Waals surface area (Å²) in [4.78, 5) is 11.7. The fraction of sp³-hybridized carbons (Fsp3) is 0.667. The van der Waals surface area contributed by atoms with Gasteiger partial charge in [-0.15, -0.1) is 0 Å². The quantitative estimate of drug-likeness (QED) is 0.710. The number of aromatic nitrogens is 2. The molecule has 0 spiro atoms. The molecule has 1 amide bonds. The predicted molar refractivity (Wildman–Crippen MR) is 67.6 cm³/mol. The van der Waals surface area contributed by atoms with Crippen LogP contribution in [0.4, 0.5) is 5.69 Å². The number of rotatable bonds is 4. The highest BCUT2D eigenvalue weighted by Crippen LogP contribution is 2.23. The minimum absolute atomic E-state index is 0.101. The highest BCUT2D eigenvalue weighted by atomic mass is 16.3. The van der Waals surface area contributed by atoms with Gasteiger partial charge in [-0.3, -0.25) is 9.48 Å². The summed E-state index contributed by atoms with van der Waals surface area (Å²) in [5.41, 5.74) is 6.06. The van der Waals surface area contributed by atoms with Crippen molar-refractivity contribution in [3.8, 4) is 0 Å². The number of aliphatic hydroxyl groups excluding tert-OH is 1. The van der Waals surface area contributed by atoms with Crippen LogP contribution in [0.2, 0.25) is 0 Å². The van der Waals surface area contributed by atoms with Gasteiger partial charge in [0.1, 0.15) is 6.54 Å². The van der Waals surface area contributed by atoms with Crippen molar-refractivity contribution in [3.05, 3.63) is 12.4 Å². The smallest absolute Gasteiger partial charge is 0.241 e. The first kappa shape index (κ1) is 12.9. The third-order valence-electron chi connectivity index (χ3n) is 3.39. The summed E-state index contributed by atoms with van der Waals surface area (Å²) < 4.78 is 1.50. The molecule has 1 aliphatic carbocycles. The van der Waals surface area contributed by atoms with E-state index in [4.69, 9.17) is 5.73 Å². The lowest BCUT2D eigenvalue weighted by molar-refractivity contribution is -0.122. The number of nitrogens with zero attached hydrogens (tertiary/aromatic N) is 2. The normalized spacial score (nSPS) is 23.8. The fourth-order valence-corrected chi connectivity index (χ4v) is 2.34. The second-order valence-corrected chi connectivity index (χ2v) is 4.89. The van der Waals surface area contributed by atoms with Crippen LogP contribution in [0.3, 0.4) is 0 Å². The number of nitrogen functional groups attached to an aromatic ring is 1. The van der Waals surface area contributed by atoms with Crippen LogP contribution < -0.4 is 11.1 Å². The first-order valence-corrected chi connectivity index (χ1v) is 6.38. The van der Waals surface area contributed by atoms with E-state index in [2.05, 4.69) is 10.4 Å². The molecule has 0 aliphatic heterocycles. The van der Waals surface area contributed by atoms with Crippen LogP contribution in [0.15, 0.2) is 12.4 Å². The summed E-state index contributed by atoms with van der Waals surface area (Å²) in [6, 6.07) is 0. The van der Waals surface area contributed by atoms with Gasteiger partial charge in [-0.05, 0) is 12.8 Å². The highest BCUT2D eigenvalue weighted by molar-refractivity contribution is 5.75. The van der Waals surface area contributed by atoms with Gasteiger partial charge in [-0.2, -0.15) is 5.10 Å². The lowest BCUT2D eigenvalue weighted by Gasteiger charge is -2.27. The van der Waals surface area contributed by atoms with Crippen molar-refractivity contribution in [2.24, 2.45) is 5.92 Å². The number of hydrogen-bond donors (Lipinski definition) is 3. The second kappa shape index (κ2) is 5.86. The number of nitrogens with two attached hydrogens (primary N) is 1. The standard InChI is InChI=1S/C12H20N4O2/c13-10-6-15-16(7-10)8-12(18)14-5-9-3-1-2-4-11(9)17/h6-7,9,11,17H,1-5,8,13H2,(H,14,18). The number of carbonyl (C=O) groups is 1. The molecule has 6 heteroatoms. The van der Waals surface area contributed by atoms with E-state index in [0.29, 0.717) is 12.2 Å². The number of aliphatic hydroxyl groups is 1. The Morgan fingerprint density at radius 3 is 3.00 bits per heavy atom. The molecule has 4 N–H and O–H groups in total. The molecule has 1 aromatic heterocycles. The summed E-state index contributed by atoms with van der Waals surface area (Å²) >= 11 is 0. The highest BCUT2D eigenvalue weighted by Gasteiger charge is 2.23. The summed E-state index contributed by atoms with van der Waals surface area (Å²) in [5, 5.41) is 16.6. The van der Waals surface area contributed by atoms with Crippen LogP contribution in [0.1, 0.15) is 25.7 Å². The summed E-state index contributed by atoms with van der Waals surface area (Å²) in [5.74, 6) is 0.0845. The molecule has 0 saturated heterocycles. The number of nitrogens with one attached hydrogen (secondary N) is 1. The Kier molecular flexibility index (Phi) is 4.19. The van der Waals surface area contributed by atoms with Crippen LogP contribution in [0.25, 0.3) is 0 Å². The van der Waals surface area contributed by atoms with Crippen LogP contribution in [-0.4, -0.2) is 33.4 Å². The van der Waals surface area contributed by atoms with E-state index >= 15 is 0 Å². The van der Waals surface area contributed by atoms with E-state index in [1.54, 1.807) is 6.20 Å². The molecule has 1 heterocycles. The number of carbonyl (C=O) groups excluding carboxylic acids is 1. The molecule has 6 nitrogen and oxygen atoms in total. The maximum atomic E-state index is 11.7. The van der Waals surface area contributed by atoms with Gasteiger partial charge in [0.25, 0.3) is 0 Å². The van der Waals surface area contributed by atoms with Gasteiger partial charge in [0.15, 0.2) is 0 Å². The van der Waals surface area contributed by atoms with E-state index < -0.39 is 0 Å². The van der Waals surface area contributed by atoms with Crippen LogP contribution in [0.5, 0.6) is 0 Å². The molecule has 2 rings (SSSR count). The average Bonchev–Trinajstić information content (AvgIpc) is 2.74. The second-order valence-electron chi connectivity index (χ2n) is 4.89. The maximum absolute atomic E-state index is 11.7. The van der Waals surface area contributed by atoms with E-state index in [9.17, 15) is 9.90 Å². The molecule has 1 aliphatic rings. The molecule has 18 heavy (non-hydrogen) atoms. The monoisotopic (exact) mass is 252 g/mol. The zero-order valence-corrected chi connectivity index (χ0v) is 10.4. The predicted octanol–water partition coefficient (Wildman–Crippen LogP) is 0.133. The molecular formula is C12H20N4O2. The summed E-state index contributed by atoms with van der Waals surface area (Å²) in [6.45, 7) is 0.705. The molecule has 1 saturated carbocycles. The first-order chi connectivity index (χ1) is 8.65. The Balaban J connectivity index is 1.74. The van der Waals surface area contributed by atoms with Gasteiger partial charge in [-0.25, -0.2) is 0 Å². The third-order valence-corrected chi connectivity index (χ3v) is 3.39. The zero-order valence-electron chi connectivity index (χ0n) is 10.4. The van der Waals surface area contributed by atoms with Crippen LogP contribution in [0, 0.1) is 5.92 Å². The SMILES string of the molecule is Nc1cnn(CC(=O)NCC2CCCCC2O)c1. The van der Waals surface area contributed by atoms with Crippen molar-refractivity contribution in [2.75, 3.05) is 12.3 Å². The molecule has 100 valence electrons. The van der Waals surface area contributed by atoms with Gasteiger partial charge in [0.2, 0.25) is 5.91 Å².